The fraction of sp³-hybridized carbons (Fsp3) is 0.222. The van der Waals surface area contributed by atoms with E-state index in [-0.39, 0.29) is 5.91 Å². The molecule has 3 amide bonds. The zero-order chi connectivity index (χ0) is 17.0. The quantitative estimate of drug-likeness (QED) is 0.678. The highest BCUT2D eigenvalue weighted by Crippen LogP contribution is 2.23. The minimum atomic E-state index is -0.945. The summed E-state index contributed by atoms with van der Waals surface area (Å²) in [5, 5.41) is 7.64. The van der Waals surface area contributed by atoms with Crippen molar-refractivity contribution in [2.45, 2.75) is 25.3 Å². The smallest absolute Gasteiger partial charge is 0.322 e. The Morgan fingerprint density at radius 2 is 2.00 bits per heavy atom. The van der Waals surface area contributed by atoms with Gasteiger partial charge in [-0.25, -0.2) is 4.79 Å². The van der Waals surface area contributed by atoms with Crippen LogP contribution in [0.5, 0.6) is 0 Å². The molecule has 0 aliphatic carbocycles. The first kappa shape index (κ1) is 15.9. The number of urea groups is 1. The van der Waals surface area contributed by atoms with Gasteiger partial charge in [0, 0.05) is 18.0 Å². The summed E-state index contributed by atoms with van der Waals surface area (Å²) < 4.78 is 0. The van der Waals surface area contributed by atoms with Crippen molar-refractivity contribution >= 4 is 18.2 Å². The Balaban J connectivity index is 1.70. The van der Waals surface area contributed by atoms with Crippen molar-refractivity contribution in [2.75, 3.05) is 0 Å². The van der Waals surface area contributed by atoms with E-state index in [1.807, 2.05) is 30.3 Å². The number of hydrogen-bond acceptors (Lipinski definition) is 4. The first-order valence-electron chi connectivity index (χ1n) is 7.73. The van der Waals surface area contributed by atoms with E-state index >= 15 is 0 Å². The number of aryl methyl sites for hydroxylation is 1. The van der Waals surface area contributed by atoms with Crippen LogP contribution >= 0.6 is 0 Å². The van der Waals surface area contributed by atoms with E-state index in [0.717, 1.165) is 16.1 Å². The second-order valence-electron chi connectivity index (χ2n) is 5.90. The molecule has 1 aromatic carbocycles. The number of aromatic nitrogens is 1. The van der Waals surface area contributed by atoms with Gasteiger partial charge in [-0.15, -0.1) is 5.01 Å². The Kier molecular flexibility index (Phi) is 4.37. The fourth-order valence-electron chi connectivity index (χ4n) is 2.56. The third kappa shape index (κ3) is 3.32. The first-order chi connectivity index (χ1) is 11.6. The molecular formula is C18H18N4O2. The number of hydrazone groups is 1. The molecular weight excluding hydrogens is 304 g/mol. The van der Waals surface area contributed by atoms with Crippen LogP contribution in [0.2, 0.25) is 0 Å². The summed E-state index contributed by atoms with van der Waals surface area (Å²) in [6.07, 6.45) is 5.92. The molecule has 0 bridgehead atoms. The molecule has 0 unspecified atom stereocenters. The van der Waals surface area contributed by atoms with Gasteiger partial charge in [0.25, 0.3) is 5.91 Å². The number of hydrogen-bond donors (Lipinski definition) is 1. The van der Waals surface area contributed by atoms with Gasteiger partial charge in [-0.2, -0.15) is 5.10 Å². The van der Waals surface area contributed by atoms with Crippen LogP contribution < -0.4 is 5.32 Å². The number of carbonyl (C=O) groups is 2. The first-order valence-corrected chi connectivity index (χ1v) is 7.73. The Labute approximate surface area is 140 Å². The molecule has 1 saturated heterocycles. The molecule has 2 heterocycles. The lowest BCUT2D eigenvalue weighted by atomic mass is 9.93. The minimum Gasteiger partial charge on any atom is -0.322 e. The molecule has 1 atom stereocenters. The van der Waals surface area contributed by atoms with E-state index in [2.05, 4.69) is 15.4 Å². The number of imide groups is 1. The van der Waals surface area contributed by atoms with Crippen molar-refractivity contribution < 1.29 is 9.59 Å². The standard InChI is InChI=1S/C18H18N4O2/c1-18(10-9-14-6-3-2-4-7-14)16(23)22(17(24)21-18)20-13-15-8-5-11-19-12-15/h2-8,11-13H,9-10H2,1H3,(H,21,24)/b20-13-/t18-/m0/s1. The number of amides is 3. The summed E-state index contributed by atoms with van der Waals surface area (Å²) in [5.41, 5.74) is 0.896. The molecule has 6 heteroatoms. The number of pyridine rings is 1. The molecule has 1 N–H and O–H groups in total. The van der Waals surface area contributed by atoms with Crippen LogP contribution in [0.25, 0.3) is 0 Å². The van der Waals surface area contributed by atoms with E-state index in [1.165, 1.54) is 6.21 Å². The van der Waals surface area contributed by atoms with Gasteiger partial charge in [-0.05, 0) is 31.4 Å². The van der Waals surface area contributed by atoms with Crippen molar-refractivity contribution in [3.8, 4) is 0 Å². The van der Waals surface area contributed by atoms with Crippen LogP contribution in [-0.2, 0) is 11.2 Å². The maximum Gasteiger partial charge on any atom is 0.346 e. The van der Waals surface area contributed by atoms with E-state index in [1.54, 1.807) is 31.5 Å². The average Bonchev–Trinajstić information content (AvgIpc) is 2.83. The predicted molar refractivity (Wildman–Crippen MR) is 90.4 cm³/mol. The number of rotatable bonds is 5. The predicted octanol–water partition coefficient (Wildman–Crippen LogP) is 2.36. The zero-order valence-electron chi connectivity index (χ0n) is 13.3. The Bertz CT molecular complexity index is 761. The topological polar surface area (TPSA) is 74.7 Å². The molecule has 1 fully saturated rings. The van der Waals surface area contributed by atoms with E-state index in [9.17, 15) is 9.59 Å². The molecule has 0 saturated carbocycles. The van der Waals surface area contributed by atoms with Crippen molar-refractivity contribution in [3.05, 3.63) is 66.0 Å². The maximum absolute atomic E-state index is 12.6. The highest BCUT2D eigenvalue weighted by atomic mass is 16.2. The van der Waals surface area contributed by atoms with Gasteiger partial charge in [0.15, 0.2) is 0 Å². The van der Waals surface area contributed by atoms with Crippen molar-refractivity contribution in [3.63, 3.8) is 0 Å². The van der Waals surface area contributed by atoms with Gasteiger partial charge < -0.3 is 5.32 Å². The van der Waals surface area contributed by atoms with Crippen LogP contribution in [0.3, 0.4) is 0 Å². The lowest BCUT2D eigenvalue weighted by Crippen LogP contribution is -2.44. The van der Waals surface area contributed by atoms with Gasteiger partial charge in [0.05, 0.1) is 6.21 Å². The van der Waals surface area contributed by atoms with E-state index in [4.69, 9.17) is 0 Å². The minimum absolute atomic E-state index is 0.344. The van der Waals surface area contributed by atoms with Crippen LogP contribution in [0.15, 0.2) is 60.0 Å². The van der Waals surface area contributed by atoms with E-state index < -0.39 is 11.6 Å². The Hall–Kier alpha value is -3.02. The van der Waals surface area contributed by atoms with Gasteiger partial charge >= 0.3 is 6.03 Å². The largest absolute Gasteiger partial charge is 0.346 e. The van der Waals surface area contributed by atoms with Crippen LogP contribution in [-0.4, -0.2) is 33.7 Å². The molecule has 0 spiro atoms. The van der Waals surface area contributed by atoms with E-state index in [0.29, 0.717) is 12.8 Å². The molecule has 0 radical (unpaired) electrons. The highest BCUT2D eigenvalue weighted by molar-refractivity contribution is 6.07. The summed E-state index contributed by atoms with van der Waals surface area (Å²) in [5.74, 6) is -0.344. The number of carbonyl (C=O) groups excluding carboxylic acids is 2. The summed E-state index contributed by atoms with van der Waals surface area (Å²) in [6.45, 7) is 1.73. The summed E-state index contributed by atoms with van der Waals surface area (Å²) in [6, 6.07) is 12.9. The maximum atomic E-state index is 12.6. The molecule has 1 aromatic heterocycles. The number of benzene rings is 1. The summed E-state index contributed by atoms with van der Waals surface area (Å²) >= 11 is 0. The second-order valence-corrected chi connectivity index (χ2v) is 5.90. The molecule has 1 aliphatic rings. The lowest BCUT2D eigenvalue weighted by Gasteiger charge is -2.20. The van der Waals surface area contributed by atoms with Gasteiger partial charge in [-0.3, -0.25) is 9.78 Å². The third-order valence-corrected chi connectivity index (χ3v) is 4.00. The van der Waals surface area contributed by atoms with Gasteiger partial charge in [-0.1, -0.05) is 36.4 Å². The van der Waals surface area contributed by atoms with Crippen molar-refractivity contribution in [1.82, 2.24) is 15.3 Å². The Morgan fingerprint density at radius 1 is 1.21 bits per heavy atom. The van der Waals surface area contributed by atoms with Crippen molar-refractivity contribution in [1.29, 1.82) is 0 Å². The monoisotopic (exact) mass is 322 g/mol. The molecule has 2 aromatic rings. The average molecular weight is 322 g/mol. The zero-order valence-corrected chi connectivity index (χ0v) is 13.3. The molecule has 1 aliphatic heterocycles. The molecule has 6 nitrogen and oxygen atoms in total. The second kappa shape index (κ2) is 6.62. The highest BCUT2D eigenvalue weighted by Gasteiger charge is 2.47. The van der Waals surface area contributed by atoms with Gasteiger partial charge in [0.2, 0.25) is 0 Å². The van der Waals surface area contributed by atoms with Crippen molar-refractivity contribution in [2.24, 2.45) is 5.10 Å². The molecule has 24 heavy (non-hydrogen) atoms. The van der Waals surface area contributed by atoms with Crippen LogP contribution in [0.4, 0.5) is 4.79 Å². The Morgan fingerprint density at radius 3 is 2.71 bits per heavy atom. The fourth-order valence-corrected chi connectivity index (χ4v) is 2.56. The lowest BCUT2D eigenvalue weighted by molar-refractivity contribution is -0.130. The summed E-state index contributed by atoms with van der Waals surface area (Å²) in [4.78, 5) is 28.7. The number of nitrogens with one attached hydrogen (secondary N) is 1. The summed E-state index contributed by atoms with van der Waals surface area (Å²) in [7, 11) is 0. The SMILES string of the molecule is C[C@@]1(CCc2ccccc2)NC(=O)N(/N=C\c2cccnc2)C1=O. The number of nitrogens with zero attached hydrogens (tertiary/aromatic N) is 3. The van der Waals surface area contributed by atoms with Gasteiger partial charge in [0.1, 0.15) is 5.54 Å². The van der Waals surface area contributed by atoms with Crippen LogP contribution in [0.1, 0.15) is 24.5 Å². The normalized spacial score (nSPS) is 20.6. The molecule has 3 rings (SSSR count). The third-order valence-electron chi connectivity index (χ3n) is 4.00. The molecule has 122 valence electrons. The van der Waals surface area contributed by atoms with Crippen LogP contribution in [0, 0.1) is 0 Å².